The standard InChI is InChI=1S/C17H22O3/c1-4-20-17(19)16(14(3)18)11-10-13(2)12-15-8-6-5-7-9-15/h5-10,16H,4,11-12H2,1-3H3/b13-10+. The van der Waals surface area contributed by atoms with Gasteiger partial charge in [0.25, 0.3) is 0 Å². The summed E-state index contributed by atoms with van der Waals surface area (Å²) in [6.45, 7) is 5.48. The molecule has 0 aromatic heterocycles. The van der Waals surface area contributed by atoms with Crippen LogP contribution in [0, 0.1) is 5.92 Å². The van der Waals surface area contributed by atoms with E-state index in [9.17, 15) is 9.59 Å². The van der Waals surface area contributed by atoms with Crippen LogP contribution in [0.5, 0.6) is 0 Å². The van der Waals surface area contributed by atoms with Gasteiger partial charge >= 0.3 is 5.97 Å². The molecule has 0 heterocycles. The van der Waals surface area contributed by atoms with Crippen molar-refractivity contribution in [2.75, 3.05) is 6.61 Å². The van der Waals surface area contributed by atoms with Crippen LogP contribution < -0.4 is 0 Å². The third kappa shape index (κ3) is 5.39. The Hall–Kier alpha value is -1.90. The first-order chi connectivity index (χ1) is 9.54. The Labute approximate surface area is 120 Å². The van der Waals surface area contributed by atoms with Crippen LogP contribution in [0.4, 0.5) is 0 Å². The van der Waals surface area contributed by atoms with Gasteiger partial charge in [-0.1, -0.05) is 42.0 Å². The van der Waals surface area contributed by atoms with Crippen LogP contribution in [-0.2, 0) is 20.7 Å². The van der Waals surface area contributed by atoms with Gasteiger partial charge in [-0.3, -0.25) is 9.59 Å². The molecule has 0 bridgehead atoms. The Bertz CT molecular complexity index is 474. The first-order valence-corrected chi connectivity index (χ1v) is 6.91. The number of rotatable bonds is 7. The quantitative estimate of drug-likeness (QED) is 0.435. The van der Waals surface area contributed by atoms with Gasteiger partial charge < -0.3 is 4.74 Å². The van der Waals surface area contributed by atoms with Gasteiger partial charge in [0.15, 0.2) is 0 Å². The molecular weight excluding hydrogens is 252 g/mol. The van der Waals surface area contributed by atoms with Crippen molar-refractivity contribution in [2.24, 2.45) is 5.92 Å². The first-order valence-electron chi connectivity index (χ1n) is 6.91. The number of benzene rings is 1. The van der Waals surface area contributed by atoms with Crippen molar-refractivity contribution in [2.45, 2.75) is 33.6 Å². The van der Waals surface area contributed by atoms with Crippen molar-refractivity contribution in [3.8, 4) is 0 Å². The molecule has 0 saturated heterocycles. The Morgan fingerprint density at radius 3 is 2.40 bits per heavy atom. The molecule has 3 heteroatoms. The minimum absolute atomic E-state index is 0.146. The highest BCUT2D eigenvalue weighted by atomic mass is 16.5. The van der Waals surface area contributed by atoms with Crippen LogP contribution in [0.1, 0.15) is 32.8 Å². The second-order valence-corrected chi connectivity index (χ2v) is 4.86. The molecule has 3 nitrogen and oxygen atoms in total. The van der Waals surface area contributed by atoms with E-state index in [4.69, 9.17) is 4.74 Å². The number of carbonyl (C=O) groups is 2. The van der Waals surface area contributed by atoms with E-state index < -0.39 is 11.9 Å². The lowest BCUT2D eigenvalue weighted by atomic mass is 9.98. The van der Waals surface area contributed by atoms with E-state index in [2.05, 4.69) is 12.1 Å². The molecule has 0 amide bonds. The summed E-state index contributed by atoms with van der Waals surface area (Å²) >= 11 is 0. The number of ether oxygens (including phenoxy) is 1. The van der Waals surface area contributed by atoms with Gasteiger partial charge in [-0.25, -0.2) is 0 Å². The second-order valence-electron chi connectivity index (χ2n) is 4.86. The number of hydrogen-bond acceptors (Lipinski definition) is 3. The maximum Gasteiger partial charge on any atom is 0.316 e. The summed E-state index contributed by atoms with van der Waals surface area (Å²) in [5.41, 5.74) is 2.36. The summed E-state index contributed by atoms with van der Waals surface area (Å²) in [5.74, 6) is -1.25. The third-order valence-electron chi connectivity index (χ3n) is 3.09. The van der Waals surface area contributed by atoms with Crippen molar-refractivity contribution < 1.29 is 14.3 Å². The molecule has 0 N–H and O–H groups in total. The van der Waals surface area contributed by atoms with Gasteiger partial charge in [0, 0.05) is 0 Å². The molecule has 1 rings (SSSR count). The fourth-order valence-electron chi connectivity index (χ4n) is 1.98. The van der Waals surface area contributed by atoms with Crippen molar-refractivity contribution in [1.82, 2.24) is 0 Å². The molecule has 1 unspecified atom stereocenters. The SMILES string of the molecule is CCOC(=O)C(C/C=C(\C)Cc1ccccc1)C(C)=O. The summed E-state index contributed by atoms with van der Waals surface area (Å²) in [4.78, 5) is 23.2. The average molecular weight is 274 g/mol. The number of ketones is 1. The van der Waals surface area contributed by atoms with Gasteiger partial charge in [0.1, 0.15) is 11.7 Å². The van der Waals surface area contributed by atoms with Crippen LogP contribution in [-0.4, -0.2) is 18.4 Å². The minimum atomic E-state index is -0.680. The van der Waals surface area contributed by atoms with Crippen molar-refractivity contribution in [3.63, 3.8) is 0 Å². The predicted molar refractivity (Wildman–Crippen MR) is 79.3 cm³/mol. The highest BCUT2D eigenvalue weighted by molar-refractivity contribution is 5.97. The third-order valence-corrected chi connectivity index (χ3v) is 3.09. The van der Waals surface area contributed by atoms with Crippen molar-refractivity contribution in [3.05, 3.63) is 47.5 Å². The van der Waals surface area contributed by atoms with Crippen LogP contribution in [0.15, 0.2) is 42.0 Å². The van der Waals surface area contributed by atoms with E-state index in [1.165, 1.54) is 12.5 Å². The van der Waals surface area contributed by atoms with E-state index >= 15 is 0 Å². The summed E-state index contributed by atoms with van der Waals surface area (Å²) in [7, 11) is 0. The van der Waals surface area contributed by atoms with Gasteiger partial charge in [-0.2, -0.15) is 0 Å². The van der Waals surface area contributed by atoms with E-state index in [1.807, 2.05) is 31.2 Å². The van der Waals surface area contributed by atoms with Crippen LogP contribution in [0.3, 0.4) is 0 Å². The molecule has 1 atom stereocenters. The normalized spacial score (nSPS) is 12.8. The number of allylic oxidation sites excluding steroid dienone is 2. The fourth-order valence-corrected chi connectivity index (χ4v) is 1.98. The van der Waals surface area contributed by atoms with Crippen LogP contribution in [0.25, 0.3) is 0 Å². The Morgan fingerprint density at radius 2 is 1.85 bits per heavy atom. The maximum atomic E-state index is 11.7. The zero-order valence-electron chi connectivity index (χ0n) is 12.4. The molecule has 20 heavy (non-hydrogen) atoms. The second kappa shape index (κ2) is 8.31. The fraction of sp³-hybridized carbons (Fsp3) is 0.412. The Kier molecular flexibility index (Phi) is 6.71. The number of esters is 1. The molecule has 0 saturated carbocycles. The monoisotopic (exact) mass is 274 g/mol. The van der Waals surface area contributed by atoms with Gasteiger partial charge in [0.05, 0.1) is 6.61 Å². The highest BCUT2D eigenvalue weighted by Crippen LogP contribution is 2.13. The predicted octanol–water partition coefficient (Wildman–Crippen LogP) is 3.33. The lowest BCUT2D eigenvalue weighted by Gasteiger charge is -2.11. The molecule has 1 aromatic carbocycles. The largest absolute Gasteiger partial charge is 0.465 e. The topological polar surface area (TPSA) is 43.4 Å². The van der Waals surface area contributed by atoms with Crippen molar-refractivity contribution >= 4 is 11.8 Å². The minimum Gasteiger partial charge on any atom is -0.465 e. The van der Waals surface area contributed by atoms with Gasteiger partial charge in [-0.15, -0.1) is 0 Å². The maximum absolute atomic E-state index is 11.7. The highest BCUT2D eigenvalue weighted by Gasteiger charge is 2.23. The zero-order chi connectivity index (χ0) is 15.0. The van der Waals surface area contributed by atoms with Crippen LogP contribution >= 0.6 is 0 Å². The zero-order valence-corrected chi connectivity index (χ0v) is 12.4. The summed E-state index contributed by atoms with van der Waals surface area (Å²) in [5, 5.41) is 0. The lowest BCUT2D eigenvalue weighted by Crippen LogP contribution is -2.23. The van der Waals surface area contributed by atoms with E-state index in [-0.39, 0.29) is 5.78 Å². The molecular formula is C17H22O3. The molecule has 0 aliphatic heterocycles. The molecule has 0 aliphatic rings. The van der Waals surface area contributed by atoms with E-state index in [0.29, 0.717) is 13.0 Å². The smallest absolute Gasteiger partial charge is 0.316 e. The van der Waals surface area contributed by atoms with E-state index in [1.54, 1.807) is 6.92 Å². The molecule has 0 fully saturated rings. The van der Waals surface area contributed by atoms with Gasteiger partial charge in [0.2, 0.25) is 0 Å². The lowest BCUT2D eigenvalue weighted by molar-refractivity contribution is -0.150. The number of carbonyl (C=O) groups excluding carboxylic acids is 2. The Morgan fingerprint density at radius 1 is 1.20 bits per heavy atom. The summed E-state index contributed by atoms with van der Waals surface area (Å²) in [6.07, 6.45) is 3.19. The first kappa shape index (κ1) is 16.2. The molecule has 0 spiro atoms. The van der Waals surface area contributed by atoms with Crippen LogP contribution in [0.2, 0.25) is 0 Å². The average Bonchev–Trinajstić information content (AvgIpc) is 2.40. The number of Topliss-reactive ketones (excluding diaryl/α,β-unsaturated/α-hetero) is 1. The molecule has 0 aliphatic carbocycles. The number of hydrogen-bond donors (Lipinski definition) is 0. The van der Waals surface area contributed by atoms with E-state index in [0.717, 1.165) is 12.0 Å². The molecule has 0 radical (unpaired) electrons. The van der Waals surface area contributed by atoms with Crippen molar-refractivity contribution in [1.29, 1.82) is 0 Å². The summed E-state index contributed by atoms with van der Waals surface area (Å²) in [6, 6.07) is 10.1. The molecule has 1 aromatic rings. The Balaban J connectivity index is 2.63. The molecule has 108 valence electrons. The van der Waals surface area contributed by atoms with Gasteiger partial charge in [-0.05, 0) is 39.2 Å². The summed E-state index contributed by atoms with van der Waals surface area (Å²) < 4.78 is 4.93.